The summed E-state index contributed by atoms with van der Waals surface area (Å²) in [7, 11) is 0. The zero-order chi connectivity index (χ0) is 21.4. The van der Waals surface area contributed by atoms with Gasteiger partial charge in [-0.2, -0.15) is 0 Å². The van der Waals surface area contributed by atoms with Gasteiger partial charge in [0.1, 0.15) is 6.54 Å². The Bertz CT molecular complexity index is 500. The minimum Gasteiger partial charge on any atom is -0.307 e. The first-order valence-corrected chi connectivity index (χ1v) is 12.4. The number of carbonyl (C=O) groups excluding carboxylic acids is 1. The standard InChI is InChI=1S/C25H47N3O/c1-5-7-8-9-10-11-12-13-14-15-16-17-18-19-20-25-26-21-22-28(25,6-2)23(3)27-24(4)29/h5,7,23H,6,8-22H2,1-4H3/p+1/b7-5+. The zero-order valence-electron chi connectivity index (χ0n) is 19.8. The van der Waals surface area contributed by atoms with Crippen molar-refractivity contribution in [1.82, 2.24) is 5.32 Å². The molecule has 0 spiro atoms. The van der Waals surface area contributed by atoms with Gasteiger partial charge in [-0.15, -0.1) is 0 Å². The average molecular weight is 407 g/mol. The maximum absolute atomic E-state index is 11.5. The summed E-state index contributed by atoms with van der Waals surface area (Å²) >= 11 is 0. The maximum atomic E-state index is 11.5. The Kier molecular flexibility index (Phi) is 14.0. The number of amidine groups is 1. The normalized spacial score (nSPS) is 20.2. The molecule has 1 rings (SSSR count). The van der Waals surface area contributed by atoms with E-state index in [-0.39, 0.29) is 12.1 Å². The topological polar surface area (TPSA) is 41.5 Å². The Balaban J connectivity index is 2.07. The number of unbranched alkanes of at least 4 members (excludes halogenated alkanes) is 11. The number of hydrogen-bond donors (Lipinski definition) is 1. The Morgan fingerprint density at radius 2 is 1.59 bits per heavy atom. The highest BCUT2D eigenvalue weighted by Crippen LogP contribution is 2.23. The van der Waals surface area contributed by atoms with Crippen molar-refractivity contribution < 1.29 is 9.28 Å². The number of allylic oxidation sites excluding steroid dienone is 2. The van der Waals surface area contributed by atoms with Gasteiger partial charge >= 0.3 is 0 Å². The van der Waals surface area contributed by atoms with E-state index in [0.717, 1.165) is 30.5 Å². The van der Waals surface area contributed by atoms with Crippen LogP contribution in [0.3, 0.4) is 0 Å². The Morgan fingerprint density at radius 1 is 1.03 bits per heavy atom. The van der Waals surface area contributed by atoms with E-state index >= 15 is 0 Å². The van der Waals surface area contributed by atoms with Gasteiger partial charge < -0.3 is 5.32 Å². The molecule has 0 saturated heterocycles. The maximum Gasteiger partial charge on any atom is 0.221 e. The highest BCUT2D eigenvalue weighted by atomic mass is 16.1. The Labute approximate surface area is 180 Å². The minimum absolute atomic E-state index is 0.0587. The third-order valence-electron chi connectivity index (χ3n) is 6.53. The van der Waals surface area contributed by atoms with Crippen LogP contribution < -0.4 is 5.32 Å². The Morgan fingerprint density at radius 3 is 2.10 bits per heavy atom. The predicted octanol–water partition coefficient (Wildman–Crippen LogP) is 6.36. The van der Waals surface area contributed by atoms with Crippen molar-refractivity contribution in [2.45, 2.75) is 117 Å². The average Bonchev–Trinajstić information content (AvgIpc) is 3.12. The van der Waals surface area contributed by atoms with Gasteiger partial charge in [0.25, 0.3) is 0 Å². The van der Waals surface area contributed by atoms with Gasteiger partial charge in [-0.3, -0.25) is 9.28 Å². The molecular weight excluding hydrogens is 358 g/mol. The van der Waals surface area contributed by atoms with Crippen LogP contribution in [0.4, 0.5) is 0 Å². The van der Waals surface area contributed by atoms with Crippen LogP contribution in [0.15, 0.2) is 17.1 Å². The lowest BCUT2D eigenvalue weighted by Gasteiger charge is -2.39. The molecule has 0 saturated carbocycles. The molecule has 1 amide bonds. The van der Waals surface area contributed by atoms with Gasteiger partial charge in [0.05, 0.1) is 13.1 Å². The molecule has 0 aromatic heterocycles. The molecule has 0 fully saturated rings. The fourth-order valence-corrected chi connectivity index (χ4v) is 4.68. The molecule has 29 heavy (non-hydrogen) atoms. The van der Waals surface area contributed by atoms with Gasteiger partial charge in [-0.1, -0.05) is 69.9 Å². The minimum atomic E-state index is 0.0587. The summed E-state index contributed by atoms with van der Waals surface area (Å²) in [5.41, 5.74) is 0. The Hall–Kier alpha value is -1.16. The number of rotatable bonds is 17. The number of amides is 1. The summed E-state index contributed by atoms with van der Waals surface area (Å²) in [6, 6.07) is 0. The molecule has 1 aliphatic heterocycles. The van der Waals surface area contributed by atoms with Crippen LogP contribution in [0.2, 0.25) is 0 Å². The SMILES string of the molecule is C/C=C/CCCCCCCCCCCCCC1=NCC[N+]1(CC)C(C)NC(C)=O. The molecule has 0 bridgehead atoms. The molecule has 1 heterocycles. The summed E-state index contributed by atoms with van der Waals surface area (Å²) in [6.07, 6.45) is 22.0. The molecule has 168 valence electrons. The third kappa shape index (κ3) is 9.93. The van der Waals surface area contributed by atoms with Crippen LogP contribution in [0.25, 0.3) is 0 Å². The van der Waals surface area contributed by atoms with Gasteiger partial charge in [-0.05, 0) is 33.1 Å². The van der Waals surface area contributed by atoms with E-state index in [0.29, 0.717) is 0 Å². The molecule has 1 N–H and O–H groups in total. The highest BCUT2D eigenvalue weighted by molar-refractivity contribution is 5.78. The second-order valence-electron chi connectivity index (χ2n) is 8.75. The summed E-state index contributed by atoms with van der Waals surface area (Å²) in [6.45, 7) is 11.0. The van der Waals surface area contributed by atoms with E-state index in [1.165, 1.54) is 82.9 Å². The number of aliphatic imine (C=N–C) groups is 1. The molecule has 4 heteroatoms. The smallest absolute Gasteiger partial charge is 0.221 e. The molecule has 0 aliphatic carbocycles. The van der Waals surface area contributed by atoms with Crippen LogP contribution in [0.1, 0.15) is 111 Å². The summed E-state index contributed by atoms with van der Waals surface area (Å²) in [5.74, 6) is 1.37. The van der Waals surface area contributed by atoms with Crippen LogP contribution >= 0.6 is 0 Å². The molecule has 1 aliphatic rings. The molecule has 2 atom stereocenters. The van der Waals surface area contributed by atoms with Crippen molar-refractivity contribution in [1.29, 1.82) is 0 Å². The fourth-order valence-electron chi connectivity index (χ4n) is 4.68. The van der Waals surface area contributed by atoms with Crippen molar-refractivity contribution in [2.24, 2.45) is 4.99 Å². The number of carbonyl (C=O) groups is 1. The first-order chi connectivity index (χ1) is 14.1. The predicted molar refractivity (Wildman–Crippen MR) is 126 cm³/mol. The highest BCUT2D eigenvalue weighted by Gasteiger charge is 2.41. The quantitative estimate of drug-likeness (QED) is 0.170. The van der Waals surface area contributed by atoms with Gasteiger partial charge in [-0.25, -0.2) is 4.99 Å². The molecule has 0 aromatic carbocycles. The molecular formula is C25H48N3O+. The lowest BCUT2D eigenvalue weighted by molar-refractivity contribution is -0.861. The van der Waals surface area contributed by atoms with Crippen LogP contribution in [0, 0.1) is 0 Å². The first-order valence-electron chi connectivity index (χ1n) is 12.4. The second kappa shape index (κ2) is 15.6. The molecule has 0 radical (unpaired) electrons. The van der Waals surface area contributed by atoms with E-state index in [1.807, 2.05) is 0 Å². The monoisotopic (exact) mass is 406 g/mol. The number of nitrogens with zero attached hydrogens (tertiary/aromatic N) is 2. The van der Waals surface area contributed by atoms with Crippen LogP contribution in [0.5, 0.6) is 0 Å². The van der Waals surface area contributed by atoms with Crippen molar-refractivity contribution in [3.05, 3.63) is 12.2 Å². The van der Waals surface area contributed by atoms with Gasteiger partial charge in [0, 0.05) is 20.3 Å². The summed E-state index contributed by atoms with van der Waals surface area (Å²) in [4.78, 5) is 16.3. The van der Waals surface area contributed by atoms with Crippen molar-refractivity contribution in [2.75, 3.05) is 19.6 Å². The largest absolute Gasteiger partial charge is 0.307 e. The molecule has 0 aromatic rings. The van der Waals surface area contributed by atoms with Crippen LogP contribution in [-0.4, -0.2) is 42.0 Å². The lowest BCUT2D eigenvalue weighted by atomic mass is 10.0. The van der Waals surface area contributed by atoms with E-state index in [1.54, 1.807) is 6.92 Å². The van der Waals surface area contributed by atoms with Gasteiger partial charge in [0.2, 0.25) is 5.91 Å². The first kappa shape index (κ1) is 25.9. The number of quaternary nitrogens is 1. The second-order valence-corrected chi connectivity index (χ2v) is 8.75. The number of nitrogens with one attached hydrogen (secondary N) is 1. The van der Waals surface area contributed by atoms with E-state index in [4.69, 9.17) is 4.99 Å². The van der Waals surface area contributed by atoms with Crippen molar-refractivity contribution in [3.8, 4) is 0 Å². The summed E-state index contributed by atoms with van der Waals surface area (Å²) < 4.78 is 0.855. The molecule has 4 nitrogen and oxygen atoms in total. The van der Waals surface area contributed by atoms with E-state index in [9.17, 15) is 4.79 Å². The van der Waals surface area contributed by atoms with E-state index in [2.05, 4.69) is 38.2 Å². The molecule has 2 unspecified atom stereocenters. The van der Waals surface area contributed by atoms with Crippen molar-refractivity contribution in [3.63, 3.8) is 0 Å². The van der Waals surface area contributed by atoms with Gasteiger partial charge in [0.15, 0.2) is 12.0 Å². The zero-order valence-corrected chi connectivity index (χ0v) is 19.8. The summed E-state index contributed by atoms with van der Waals surface area (Å²) in [5, 5.41) is 3.11. The number of hydrogen-bond acceptors (Lipinski definition) is 2. The van der Waals surface area contributed by atoms with Crippen molar-refractivity contribution >= 4 is 11.7 Å². The number of likely N-dealkylation sites (N-methyl/N-ethyl adjacent to an activating group) is 1. The third-order valence-corrected chi connectivity index (χ3v) is 6.53. The lowest BCUT2D eigenvalue weighted by Crippen LogP contribution is -2.62. The van der Waals surface area contributed by atoms with E-state index < -0.39 is 0 Å². The van der Waals surface area contributed by atoms with Crippen LogP contribution in [-0.2, 0) is 4.79 Å². The fraction of sp³-hybridized carbons (Fsp3) is 0.840.